The zero-order valence-corrected chi connectivity index (χ0v) is 87.4. The Labute approximate surface area is 900 Å². The number of nitrogens with zero attached hydrogens (tertiary/aromatic N) is 16. The fraction of sp³-hybridized carbons (Fsp3) is 0.302. The zero-order chi connectivity index (χ0) is 108. The molecule has 0 radical (unpaired) electrons. The Hall–Kier alpha value is -16.0. The van der Waals surface area contributed by atoms with Crippen LogP contribution in [0.4, 0.5) is 56.3 Å². The number of carbonyl (C=O) groups is 16. The fourth-order valence-corrected chi connectivity index (χ4v) is 10.7. The summed E-state index contributed by atoms with van der Waals surface area (Å²) >= 11 is 12.2. The van der Waals surface area contributed by atoms with Crippen molar-refractivity contribution in [3.63, 3.8) is 0 Å². The molecule has 0 bridgehead atoms. The molecular weight excluding hydrogens is 2190 g/mol. The summed E-state index contributed by atoms with van der Waals surface area (Å²) in [5.74, 6) is -3.39. The number of nitrogens with one attached hydrogen (secondary N) is 3. The number of ether oxygens (including phenoxy) is 7. The van der Waals surface area contributed by atoms with Crippen LogP contribution in [0.1, 0.15) is 85.4 Å². The molecule has 149 heavy (non-hydrogen) atoms. The van der Waals surface area contributed by atoms with Crippen molar-refractivity contribution in [3.8, 4) is 45.3 Å². The number of hydrogen-bond donors (Lipinski definition) is 6. The molecule has 57 nitrogen and oxygen atoms in total. The first-order chi connectivity index (χ1) is 68.8. The van der Waals surface area contributed by atoms with E-state index in [0.717, 1.165) is 29.8 Å². The van der Waals surface area contributed by atoms with Gasteiger partial charge in [-0.25, -0.2) is 58.5 Å². The van der Waals surface area contributed by atoms with Gasteiger partial charge in [-0.1, -0.05) is 34.2 Å². The summed E-state index contributed by atoms with van der Waals surface area (Å²) in [6.07, 6.45) is 2.81. The van der Waals surface area contributed by atoms with Gasteiger partial charge in [0.05, 0.1) is 61.5 Å². The molecule has 4 aromatic heterocycles. The fourth-order valence-electron chi connectivity index (χ4n) is 10.6. The van der Waals surface area contributed by atoms with Crippen molar-refractivity contribution in [2.45, 2.75) is 79.1 Å². The number of esters is 4. The average molecular weight is 2290 g/mol. The third-order valence-electron chi connectivity index (χ3n) is 17.0. The number of halogens is 5. The van der Waals surface area contributed by atoms with Crippen molar-refractivity contribution in [1.29, 1.82) is 0 Å². The van der Waals surface area contributed by atoms with Gasteiger partial charge in [-0.15, -0.1) is 36.4 Å². The number of amides is 15. The quantitative estimate of drug-likeness (QED) is 0.00275. The van der Waals surface area contributed by atoms with E-state index in [-0.39, 0.29) is 135 Å². The molecule has 12 rings (SSSR count). The molecule has 0 atom stereocenters. The number of urea groups is 4. The molecule has 4 saturated heterocycles. The minimum Gasteiger partial charge on any atom is -0.480 e. The molecule has 4 aromatic carbocycles. The number of nitro groups is 4. The molecule has 15 amide bonds. The van der Waals surface area contributed by atoms with Gasteiger partial charge in [-0.05, 0) is 159 Å². The average Bonchev–Trinajstić information content (AvgIpc) is 1.69. The molecule has 794 valence electrons. The molecule has 8 aromatic rings. The van der Waals surface area contributed by atoms with Gasteiger partial charge in [0.2, 0.25) is 0 Å². The van der Waals surface area contributed by atoms with Crippen molar-refractivity contribution in [3.05, 3.63) is 214 Å². The first kappa shape index (κ1) is 127. The number of alkyl halides is 3. The monoisotopic (exact) mass is 2290 g/mol. The van der Waals surface area contributed by atoms with Crippen LogP contribution < -0.4 is 57.0 Å². The molecular formula is C86H93Cl4IN21NaO36. The van der Waals surface area contributed by atoms with Gasteiger partial charge in [0.15, 0.2) is 38.2 Å². The number of aliphatic carboxylic acids is 1. The Kier molecular flexibility index (Phi) is 52.5. The molecule has 0 spiro atoms. The third-order valence-corrected chi connectivity index (χ3v) is 17.2. The molecule has 8 N–H and O–H groups in total. The number of nitrogens with two attached hydrogens (primary N) is 2. The summed E-state index contributed by atoms with van der Waals surface area (Å²) in [6.45, 7) is 10.4. The van der Waals surface area contributed by atoms with Crippen LogP contribution in [-0.2, 0) is 76.3 Å². The van der Waals surface area contributed by atoms with Crippen LogP contribution in [0.3, 0.4) is 0 Å². The number of alkyl carbamates (subject to hydrolysis) is 3. The predicted octanol–water partition coefficient (Wildman–Crippen LogP) is 8.14. The third kappa shape index (κ3) is 44.5. The largest absolute Gasteiger partial charge is 1.00 e. The van der Waals surface area contributed by atoms with Gasteiger partial charge in [0.25, 0.3) is 40.5 Å². The summed E-state index contributed by atoms with van der Waals surface area (Å²) in [5.41, 5.74) is 10.6. The number of nitro benzene ring substituents is 4. The van der Waals surface area contributed by atoms with Crippen molar-refractivity contribution < 1.29 is 182 Å². The molecule has 0 unspecified atom stereocenters. The van der Waals surface area contributed by atoms with Gasteiger partial charge >= 0.3 is 95.8 Å². The Balaban J connectivity index is 0.000000469. The van der Waals surface area contributed by atoms with Crippen molar-refractivity contribution in [2.24, 2.45) is 31.9 Å². The zero-order valence-electron chi connectivity index (χ0n) is 80.1. The Bertz CT molecular complexity index is 6030. The normalized spacial score (nSPS) is 13.0. The van der Waals surface area contributed by atoms with Crippen LogP contribution >= 0.6 is 70.6 Å². The van der Waals surface area contributed by atoms with E-state index >= 15 is 0 Å². The van der Waals surface area contributed by atoms with E-state index in [2.05, 4.69) is 78.5 Å². The van der Waals surface area contributed by atoms with Gasteiger partial charge in [0.1, 0.15) is 102 Å². The second kappa shape index (κ2) is 61.5. The van der Waals surface area contributed by atoms with Gasteiger partial charge in [-0.3, -0.25) is 93.5 Å². The van der Waals surface area contributed by atoms with Gasteiger partial charge in [-0.2, -0.15) is 15.3 Å². The van der Waals surface area contributed by atoms with E-state index in [1.54, 1.807) is 147 Å². The molecule has 8 heterocycles. The topological polar surface area (TPSA) is 757 Å². The second-order valence-corrected chi connectivity index (χ2v) is 33.5. The van der Waals surface area contributed by atoms with Crippen molar-refractivity contribution in [2.75, 3.05) is 89.0 Å². The number of carboxylic acids is 1. The summed E-state index contributed by atoms with van der Waals surface area (Å²) in [7, 11) is 0. The van der Waals surface area contributed by atoms with Crippen molar-refractivity contribution in [1.82, 2.24) is 50.7 Å². The number of carbonyl (C=O) groups excluding carboxylic acids is 15. The molecule has 0 aliphatic carbocycles. The standard InChI is InChI=1S/C22H23N5O9.2C17H15N5O7.C14H10N4O5.C8H14ClNO4.C7H13NO4.CH2ClI.2ClH.Na/c1-22(2,3)36-20(30)23-11-19(29)34-13-25-18(28)12-26(21(25)31)24-10-16-8-9-17(35-16)14-4-6-15(7-5-14)27(32)33;2*18-7-16(24)28-10-20-15(23)9-21(17(20)25)19-8-13-5-6-14(29-13)11-1-3-12(4-2-11)22(26)27;19-13-8-17(14(20)16-13)15-7-11-5-6-12(23-11)9-1-3-10(4-2-9)18(21)22;1-8(2,3)14-7(12)10-4-6(11)13-5-9;1-7(2,3)12-6(11)8-4-5(9)10;2-1-3;;;/h4-10H,11-13H2,1-3H3,(H,23,30);2*1-6,8H,7,9-10,18H2;1-7H,8H2,(H,16,19,20);4-5H2,1-3H3,(H,10,12);4H2,1-3H3,(H,8,11)(H,9,10);1H2;2*1H;/q;;;;;;;;;+1/p-1/b24-10+;2*19-8+;15-7+;;;;;;. The molecule has 4 fully saturated rings. The Morgan fingerprint density at radius 1 is 0.409 bits per heavy atom. The summed E-state index contributed by atoms with van der Waals surface area (Å²) in [4.78, 5) is 226. The number of hydrazone groups is 4. The van der Waals surface area contributed by atoms with Crippen LogP contribution in [-0.4, -0.2) is 286 Å². The smallest absolute Gasteiger partial charge is 0.480 e. The SMILES string of the molecule is CC(C)(C)OC(=O)NCC(=O)O.CC(C)(C)OC(=O)NCC(=O)OCCl.CC(C)(C)OC(=O)NCC(=O)OCN1C(=O)CN(/N=C/c2ccc(-c3ccc([N+](=O)[O-])cc3)o2)C1=O.Cl.Cl.ClCI.NCC(=O)OCN1C(=O)CN(/N=C/c2ccc(-c3ccc([N+](=O)[O-])cc3)o2)C1=O.NCC(=O)OCN1C(=O)CN(/N=C/c2ccc(-c3ccc([N+](=O)[O-])cc3)o2)C1=O.O=C1CN(/N=C/c2ccc(-c3ccc([N+](=O)[O-])cc3)o2)C(=O)[N-]1.[Na+]. The summed E-state index contributed by atoms with van der Waals surface area (Å²) in [5, 5.41) is 79.9. The van der Waals surface area contributed by atoms with E-state index in [4.69, 9.17) is 76.4 Å². The number of furan rings is 4. The van der Waals surface area contributed by atoms with E-state index in [1.807, 2.05) is 0 Å². The Morgan fingerprint density at radius 3 is 0.872 bits per heavy atom. The van der Waals surface area contributed by atoms with E-state index in [1.165, 1.54) is 85.5 Å². The van der Waals surface area contributed by atoms with Gasteiger partial charge in [0, 0.05) is 77.3 Å². The number of hydrogen-bond acceptors (Lipinski definition) is 41. The number of imide groups is 4. The maximum absolute atomic E-state index is 12.4. The van der Waals surface area contributed by atoms with E-state index in [9.17, 15) is 117 Å². The number of rotatable bonds is 31. The van der Waals surface area contributed by atoms with Crippen LogP contribution in [0, 0.1) is 40.5 Å². The summed E-state index contributed by atoms with van der Waals surface area (Å²) < 4.78 is 56.2. The first-order valence-electron chi connectivity index (χ1n) is 41.6. The number of non-ortho nitro benzene ring substituents is 4. The predicted molar refractivity (Wildman–Crippen MR) is 528 cm³/mol. The molecule has 4 aliphatic heterocycles. The number of carboxylic acid groups (broad SMARTS) is 1. The van der Waals surface area contributed by atoms with Crippen LogP contribution in [0.2, 0.25) is 0 Å². The van der Waals surface area contributed by atoms with Crippen molar-refractivity contribution >= 4 is 214 Å². The maximum atomic E-state index is 12.4. The Morgan fingerprint density at radius 2 is 0.651 bits per heavy atom. The van der Waals surface area contributed by atoms with E-state index in [0.29, 0.717) is 71.4 Å². The summed E-state index contributed by atoms with van der Waals surface area (Å²) in [6, 6.07) is 32.9. The number of benzene rings is 4. The maximum Gasteiger partial charge on any atom is 1.00 e. The first-order valence-corrected chi connectivity index (χ1v) is 44.2. The van der Waals surface area contributed by atoms with Gasteiger partial charge < -0.3 is 93.7 Å². The van der Waals surface area contributed by atoms with Crippen LogP contribution in [0.15, 0.2) is 184 Å². The molecule has 4 aliphatic rings. The van der Waals surface area contributed by atoms with E-state index < -0.39 is 166 Å². The second-order valence-electron chi connectivity index (χ2n) is 31.4. The minimum atomic E-state index is -1.10. The molecule has 63 heteroatoms. The van der Waals surface area contributed by atoms with Crippen LogP contribution in [0.25, 0.3) is 50.6 Å². The minimum absolute atomic E-state index is 0. The van der Waals surface area contributed by atoms with Crippen LogP contribution in [0.5, 0.6) is 0 Å². The molecule has 0 saturated carbocycles.